The zero-order chi connectivity index (χ0) is 21.8. The summed E-state index contributed by atoms with van der Waals surface area (Å²) >= 11 is 1.51. The summed E-state index contributed by atoms with van der Waals surface area (Å²) in [5, 5.41) is 3.46. The fourth-order valence-corrected chi connectivity index (χ4v) is 5.29. The normalized spacial score (nSPS) is 22.2. The summed E-state index contributed by atoms with van der Waals surface area (Å²) in [5.74, 6) is 1.09. The Balaban J connectivity index is 1.47. The molecule has 1 spiro atoms. The number of carbonyl (C=O) groups is 3. The first kappa shape index (κ1) is 21.7. The number of amidine groups is 1. The van der Waals surface area contributed by atoms with Gasteiger partial charge < -0.3 is 10.1 Å². The zero-order valence-corrected chi connectivity index (χ0v) is 18.6. The second kappa shape index (κ2) is 9.30. The molecule has 0 aromatic heterocycles. The second-order valence-corrected chi connectivity index (χ2v) is 9.09. The van der Waals surface area contributed by atoms with Crippen molar-refractivity contribution in [2.75, 3.05) is 25.4 Å². The van der Waals surface area contributed by atoms with E-state index in [9.17, 15) is 14.4 Å². The number of nitrogens with zero attached hydrogens (tertiary/aromatic N) is 3. The molecule has 31 heavy (non-hydrogen) atoms. The molecule has 2 saturated heterocycles. The first-order chi connectivity index (χ1) is 15.0. The molecule has 0 radical (unpaired) electrons. The van der Waals surface area contributed by atoms with Gasteiger partial charge in [0, 0.05) is 12.3 Å². The highest BCUT2D eigenvalue weighted by atomic mass is 32.2. The van der Waals surface area contributed by atoms with Crippen LogP contribution in [0.25, 0.3) is 0 Å². The Labute approximate surface area is 186 Å². The van der Waals surface area contributed by atoms with Crippen molar-refractivity contribution in [3.05, 3.63) is 24.3 Å². The van der Waals surface area contributed by atoms with Gasteiger partial charge in [0.25, 0.3) is 5.91 Å². The molecule has 2 heterocycles. The molecular formula is C22H28N4O4S. The van der Waals surface area contributed by atoms with Crippen molar-refractivity contribution in [3.63, 3.8) is 0 Å². The van der Waals surface area contributed by atoms with Crippen molar-refractivity contribution in [1.82, 2.24) is 15.1 Å². The molecule has 8 nitrogen and oxygen atoms in total. The largest absolute Gasteiger partial charge is 0.494 e. The molecule has 0 bridgehead atoms. The summed E-state index contributed by atoms with van der Waals surface area (Å²) < 4.78 is 5.46. The van der Waals surface area contributed by atoms with E-state index in [4.69, 9.17) is 4.74 Å². The van der Waals surface area contributed by atoms with Crippen LogP contribution in [0.3, 0.4) is 0 Å². The van der Waals surface area contributed by atoms with Gasteiger partial charge in [-0.05, 0) is 50.5 Å². The average Bonchev–Trinajstić information content (AvgIpc) is 3.00. The van der Waals surface area contributed by atoms with Crippen LogP contribution < -0.4 is 10.1 Å². The topological polar surface area (TPSA) is 91.3 Å². The summed E-state index contributed by atoms with van der Waals surface area (Å²) in [6, 6.07) is 6.92. The number of nitrogens with one attached hydrogen (secondary N) is 1. The van der Waals surface area contributed by atoms with Crippen molar-refractivity contribution in [2.45, 2.75) is 51.0 Å². The molecule has 2 aliphatic heterocycles. The van der Waals surface area contributed by atoms with Crippen LogP contribution in [0, 0.1) is 0 Å². The van der Waals surface area contributed by atoms with E-state index in [1.54, 1.807) is 4.90 Å². The number of amides is 4. The lowest BCUT2D eigenvalue weighted by atomic mass is 9.82. The second-order valence-electron chi connectivity index (χ2n) is 8.03. The van der Waals surface area contributed by atoms with Gasteiger partial charge in [0.05, 0.1) is 12.3 Å². The van der Waals surface area contributed by atoms with Gasteiger partial charge in [0.15, 0.2) is 5.17 Å². The van der Waals surface area contributed by atoms with Gasteiger partial charge in [-0.3, -0.25) is 19.4 Å². The molecule has 1 aromatic carbocycles. The van der Waals surface area contributed by atoms with Crippen molar-refractivity contribution >= 4 is 40.5 Å². The third kappa shape index (κ3) is 4.56. The van der Waals surface area contributed by atoms with Gasteiger partial charge in [-0.25, -0.2) is 9.79 Å². The Kier molecular flexibility index (Phi) is 6.50. The minimum absolute atomic E-state index is 0.255. The molecule has 4 amide bonds. The number of hydrogen-bond donors (Lipinski definition) is 1. The summed E-state index contributed by atoms with van der Waals surface area (Å²) in [6.07, 6.45) is 5.02. The molecule has 1 aromatic rings. The Hall–Kier alpha value is -2.55. The van der Waals surface area contributed by atoms with Gasteiger partial charge in [0.2, 0.25) is 5.91 Å². The number of benzene rings is 1. The molecule has 3 aliphatic rings. The molecule has 0 unspecified atom stereocenters. The molecule has 1 N–H and O–H groups in total. The van der Waals surface area contributed by atoms with Crippen LogP contribution >= 0.6 is 11.8 Å². The third-order valence-corrected chi connectivity index (χ3v) is 6.97. The monoisotopic (exact) mass is 444 g/mol. The van der Waals surface area contributed by atoms with E-state index in [0.717, 1.165) is 47.8 Å². The van der Waals surface area contributed by atoms with E-state index < -0.39 is 11.6 Å². The van der Waals surface area contributed by atoms with Crippen LogP contribution in [0.2, 0.25) is 0 Å². The Morgan fingerprint density at radius 1 is 1.16 bits per heavy atom. The quantitative estimate of drug-likeness (QED) is 0.704. The number of hydrogen-bond acceptors (Lipinski definition) is 6. The lowest BCUT2D eigenvalue weighted by Crippen LogP contribution is -2.49. The van der Waals surface area contributed by atoms with Crippen LogP contribution in [0.4, 0.5) is 10.5 Å². The van der Waals surface area contributed by atoms with E-state index in [1.807, 2.05) is 31.2 Å². The Morgan fingerprint density at radius 3 is 2.61 bits per heavy atom. The molecule has 1 aliphatic carbocycles. The highest BCUT2D eigenvalue weighted by Crippen LogP contribution is 2.34. The predicted octanol–water partition coefficient (Wildman–Crippen LogP) is 3.29. The molecule has 4 rings (SSSR count). The summed E-state index contributed by atoms with van der Waals surface area (Å²) in [5.41, 5.74) is -0.0901. The lowest BCUT2D eigenvalue weighted by Gasteiger charge is -2.31. The molecule has 1 saturated carbocycles. The maximum absolute atomic E-state index is 13.1. The van der Waals surface area contributed by atoms with Crippen molar-refractivity contribution in [3.8, 4) is 5.75 Å². The highest BCUT2D eigenvalue weighted by molar-refractivity contribution is 8.13. The van der Waals surface area contributed by atoms with Crippen LogP contribution in [-0.4, -0.2) is 63.8 Å². The standard InChI is InChI=1S/C22H28N4O4S/c1-2-30-17-9-7-16(8-10-17)23-21-25(13-6-14-31-21)18(27)15-26-19(28)22(24-20(26)29)11-4-3-5-12-22/h7-10H,2-6,11-15H2,1H3,(H,24,29). The van der Waals surface area contributed by atoms with Gasteiger partial charge in [-0.15, -0.1) is 0 Å². The predicted molar refractivity (Wildman–Crippen MR) is 120 cm³/mol. The fourth-order valence-electron chi connectivity index (χ4n) is 4.31. The first-order valence-electron chi connectivity index (χ1n) is 10.9. The van der Waals surface area contributed by atoms with E-state index in [-0.39, 0.29) is 18.4 Å². The van der Waals surface area contributed by atoms with E-state index in [0.29, 0.717) is 31.2 Å². The number of thioether (sulfide) groups is 1. The van der Waals surface area contributed by atoms with E-state index >= 15 is 0 Å². The number of imide groups is 1. The summed E-state index contributed by atoms with van der Waals surface area (Å²) in [4.78, 5) is 45.9. The molecule has 3 fully saturated rings. The molecule has 166 valence electrons. The van der Waals surface area contributed by atoms with Gasteiger partial charge >= 0.3 is 6.03 Å². The van der Waals surface area contributed by atoms with E-state index in [1.165, 1.54) is 11.8 Å². The average molecular weight is 445 g/mol. The van der Waals surface area contributed by atoms with Gasteiger partial charge in [0.1, 0.15) is 17.8 Å². The summed E-state index contributed by atoms with van der Waals surface area (Å²) in [7, 11) is 0. The minimum Gasteiger partial charge on any atom is -0.494 e. The van der Waals surface area contributed by atoms with Crippen LogP contribution in [-0.2, 0) is 9.59 Å². The maximum Gasteiger partial charge on any atom is 0.325 e. The van der Waals surface area contributed by atoms with Crippen LogP contribution in [0.15, 0.2) is 29.3 Å². The number of ether oxygens (including phenoxy) is 1. The zero-order valence-electron chi connectivity index (χ0n) is 17.8. The SMILES string of the molecule is CCOc1ccc(N=C2SCCCN2C(=O)CN2C(=O)NC3(CCCCC3)C2=O)cc1. The van der Waals surface area contributed by atoms with Crippen molar-refractivity contribution in [1.29, 1.82) is 0 Å². The lowest BCUT2D eigenvalue weighted by molar-refractivity contribution is -0.137. The third-order valence-electron chi connectivity index (χ3n) is 5.91. The number of urea groups is 1. The highest BCUT2D eigenvalue weighted by Gasteiger charge is 2.51. The first-order valence-corrected chi connectivity index (χ1v) is 11.9. The fraction of sp³-hybridized carbons (Fsp3) is 0.545. The van der Waals surface area contributed by atoms with Gasteiger partial charge in [-0.1, -0.05) is 31.0 Å². The molecular weight excluding hydrogens is 416 g/mol. The number of carbonyl (C=O) groups excluding carboxylic acids is 3. The number of rotatable bonds is 5. The maximum atomic E-state index is 13.1. The Bertz CT molecular complexity index is 880. The minimum atomic E-state index is -0.814. The van der Waals surface area contributed by atoms with Gasteiger partial charge in [-0.2, -0.15) is 0 Å². The van der Waals surface area contributed by atoms with E-state index in [2.05, 4.69) is 10.3 Å². The number of aliphatic imine (C=N–C) groups is 1. The van der Waals surface area contributed by atoms with Crippen molar-refractivity contribution in [2.24, 2.45) is 4.99 Å². The molecule has 9 heteroatoms. The Morgan fingerprint density at radius 2 is 1.90 bits per heavy atom. The molecule has 0 atom stereocenters. The smallest absolute Gasteiger partial charge is 0.325 e. The van der Waals surface area contributed by atoms with Crippen LogP contribution in [0.1, 0.15) is 45.4 Å². The van der Waals surface area contributed by atoms with Crippen molar-refractivity contribution < 1.29 is 19.1 Å². The van der Waals surface area contributed by atoms with Crippen LogP contribution in [0.5, 0.6) is 5.75 Å². The summed E-state index contributed by atoms with van der Waals surface area (Å²) in [6.45, 7) is 2.79.